The summed E-state index contributed by atoms with van der Waals surface area (Å²) in [5, 5.41) is 6.16. The number of rotatable bonds is 2. The van der Waals surface area contributed by atoms with Gasteiger partial charge in [-0.15, -0.1) is 0 Å². The first kappa shape index (κ1) is 13.4. The maximum atomic E-state index is 12.1. The molecule has 2 aliphatic rings. The predicted molar refractivity (Wildman–Crippen MR) is 78.6 cm³/mol. The minimum Gasteiger partial charge on any atom is -0.385 e. The highest BCUT2D eigenvalue weighted by Gasteiger charge is 2.32. The van der Waals surface area contributed by atoms with Crippen LogP contribution in [0.25, 0.3) is 0 Å². The summed E-state index contributed by atoms with van der Waals surface area (Å²) in [6.45, 7) is 0.985. The number of amides is 1. The molecule has 5 nitrogen and oxygen atoms in total. The standard InChI is InChI=1S/C14H18N2O3S/c17-14(11-5-7-20(18,19)9-11)16-12-3-4-13-10(8-12)2-1-6-15-13/h3-4,8,11,15H,1-2,5-7,9H2,(H,16,17). The molecular weight excluding hydrogens is 276 g/mol. The second kappa shape index (κ2) is 5.09. The number of anilines is 2. The Bertz CT molecular complexity index is 640. The van der Waals surface area contributed by atoms with Crippen LogP contribution in [0.3, 0.4) is 0 Å². The Morgan fingerprint density at radius 1 is 1.35 bits per heavy atom. The minimum atomic E-state index is -3.02. The van der Waals surface area contributed by atoms with Crippen molar-refractivity contribution >= 4 is 27.1 Å². The zero-order chi connectivity index (χ0) is 14.2. The second-order valence-corrected chi connectivity index (χ2v) is 7.72. The van der Waals surface area contributed by atoms with Crippen molar-refractivity contribution in [3.05, 3.63) is 23.8 Å². The number of sulfone groups is 1. The van der Waals surface area contributed by atoms with Crippen LogP contribution in [0.15, 0.2) is 18.2 Å². The molecule has 1 saturated heterocycles. The molecule has 0 radical (unpaired) electrons. The smallest absolute Gasteiger partial charge is 0.228 e. The van der Waals surface area contributed by atoms with Crippen LogP contribution in [-0.2, 0) is 21.1 Å². The molecule has 0 aromatic heterocycles. The van der Waals surface area contributed by atoms with Crippen LogP contribution in [0.1, 0.15) is 18.4 Å². The van der Waals surface area contributed by atoms with E-state index < -0.39 is 15.8 Å². The summed E-state index contributed by atoms with van der Waals surface area (Å²) in [5.74, 6) is -0.492. The van der Waals surface area contributed by atoms with Gasteiger partial charge < -0.3 is 10.6 Å². The van der Waals surface area contributed by atoms with E-state index in [0.29, 0.717) is 6.42 Å². The summed E-state index contributed by atoms with van der Waals surface area (Å²) in [6.07, 6.45) is 2.52. The molecule has 1 aromatic rings. The first-order chi connectivity index (χ1) is 9.53. The van der Waals surface area contributed by atoms with Gasteiger partial charge in [0.15, 0.2) is 9.84 Å². The van der Waals surface area contributed by atoms with E-state index in [1.54, 1.807) is 0 Å². The van der Waals surface area contributed by atoms with Gasteiger partial charge in [0, 0.05) is 17.9 Å². The lowest BCUT2D eigenvalue weighted by molar-refractivity contribution is -0.119. The summed E-state index contributed by atoms with van der Waals surface area (Å²) < 4.78 is 22.8. The number of fused-ring (bicyclic) bond motifs is 1. The molecule has 1 atom stereocenters. The van der Waals surface area contributed by atoms with Crippen molar-refractivity contribution < 1.29 is 13.2 Å². The lowest BCUT2D eigenvalue weighted by Gasteiger charge is -2.19. The van der Waals surface area contributed by atoms with E-state index in [0.717, 1.165) is 30.8 Å². The number of nitrogens with one attached hydrogen (secondary N) is 2. The number of aryl methyl sites for hydroxylation is 1. The Balaban J connectivity index is 1.70. The summed E-state index contributed by atoms with van der Waals surface area (Å²) >= 11 is 0. The Hall–Kier alpha value is -1.56. The van der Waals surface area contributed by atoms with Gasteiger partial charge in [0.2, 0.25) is 5.91 Å². The van der Waals surface area contributed by atoms with Crippen LogP contribution < -0.4 is 10.6 Å². The van der Waals surface area contributed by atoms with Crippen LogP contribution in [0.5, 0.6) is 0 Å². The zero-order valence-electron chi connectivity index (χ0n) is 11.2. The number of hydrogen-bond acceptors (Lipinski definition) is 4. The van der Waals surface area contributed by atoms with Crippen molar-refractivity contribution in [3.8, 4) is 0 Å². The Morgan fingerprint density at radius 3 is 2.95 bits per heavy atom. The normalized spacial score (nSPS) is 23.7. The van der Waals surface area contributed by atoms with Gasteiger partial charge in [-0.25, -0.2) is 8.42 Å². The average Bonchev–Trinajstić information content (AvgIpc) is 2.79. The predicted octanol–water partition coefficient (Wildman–Crippen LogP) is 1.42. The SMILES string of the molecule is O=C(Nc1ccc2c(c1)CCCN2)C1CCS(=O)(=O)C1. The summed E-state index contributed by atoms with van der Waals surface area (Å²) in [4.78, 5) is 12.1. The van der Waals surface area contributed by atoms with Gasteiger partial charge in [0.05, 0.1) is 17.4 Å². The van der Waals surface area contributed by atoms with Crippen molar-refractivity contribution in [2.24, 2.45) is 5.92 Å². The van der Waals surface area contributed by atoms with Crippen LogP contribution in [0.4, 0.5) is 11.4 Å². The lowest BCUT2D eigenvalue weighted by Crippen LogP contribution is -2.24. The Morgan fingerprint density at radius 2 is 2.20 bits per heavy atom. The third-order valence-corrected chi connectivity index (χ3v) is 5.68. The molecule has 1 fully saturated rings. The highest BCUT2D eigenvalue weighted by atomic mass is 32.2. The molecule has 0 spiro atoms. The minimum absolute atomic E-state index is 0.0225. The summed E-state index contributed by atoms with van der Waals surface area (Å²) in [7, 11) is -3.02. The molecule has 1 aromatic carbocycles. The molecule has 2 aliphatic heterocycles. The molecule has 0 saturated carbocycles. The van der Waals surface area contributed by atoms with E-state index in [-0.39, 0.29) is 17.4 Å². The van der Waals surface area contributed by atoms with Crippen LogP contribution >= 0.6 is 0 Å². The quantitative estimate of drug-likeness (QED) is 0.865. The van der Waals surface area contributed by atoms with E-state index in [4.69, 9.17) is 0 Å². The number of benzene rings is 1. The highest BCUT2D eigenvalue weighted by molar-refractivity contribution is 7.91. The van der Waals surface area contributed by atoms with Gasteiger partial charge in [-0.05, 0) is 43.0 Å². The lowest BCUT2D eigenvalue weighted by atomic mass is 10.0. The molecule has 0 bridgehead atoms. The first-order valence-electron chi connectivity index (χ1n) is 6.92. The van der Waals surface area contributed by atoms with Crippen molar-refractivity contribution in [3.63, 3.8) is 0 Å². The maximum absolute atomic E-state index is 12.1. The van der Waals surface area contributed by atoms with E-state index in [2.05, 4.69) is 10.6 Å². The zero-order valence-corrected chi connectivity index (χ0v) is 12.0. The number of carbonyl (C=O) groups is 1. The van der Waals surface area contributed by atoms with Gasteiger partial charge >= 0.3 is 0 Å². The largest absolute Gasteiger partial charge is 0.385 e. The Labute approximate surface area is 118 Å². The second-order valence-electron chi connectivity index (χ2n) is 5.49. The van der Waals surface area contributed by atoms with Crippen molar-refractivity contribution in [1.82, 2.24) is 0 Å². The molecule has 3 rings (SSSR count). The van der Waals surface area contributed by atoms with Crippen LogP contribution in [0.2, 0.25) is 0 Å². The van der Waals surface area contributed by atoms with Crippen molar-refractivity contribution in [1.29, 1.82) is 0 Å². The first-order valence-corrected chi connectivity index (χ1v) is 8.74. The van der Waals surface area contributed by atoms with Gasteiger partial charge in [-0.1, -0.05) is 0 Å². The van der Waals surface area contributed by atoms with Gasteiger partial charge in [-0.2, -0.15) is 0 Å². The highest BCUT2D eigenvalue weighted by Crippen LogP contribution is 2.26. The molecular formula is C14H18N2O3S. The molecule has 0 aliphatic carbocycles. The number of hydrogen-bond donors (Lipinski definition) is 2. The van der Waals surface area contributed by atoms with E-state index >= 15 is 0 Å². The average molecular weight is 294 g/mol. The third-order valence-electron chi connectivity index (χ3n) is 3.91. The molecule has 2 heterocycles. The van der Waals surface area contributed by atoms with Crippen LogP contribution in [0, 0.1) is 5.92 Å². The number of carbonyl (C=O) groups excluding carboxylic acids is 1. The van der Waals surface area contributed by atoms with Gasteiger partial charge in [-0.3, -0.25) is 4.79 Å². The monoisotopic (exact) mass is 294 g/mol. The fraction of sp³-hybridized carbons (Fsp3) is 0.500. The Kier molecular flexibility index (Phi) is 3.41. The van der Waals surface area contributed by atoms with E-state index in [9.17, 15) is 13.2 Å². The van der Waals surface area contributed by atoms with Crippen LogP contribution in [-0.4, -0.2) is 32.4 Å². The molecule has 20 heavy (non-hydrogen) atoms. The topological polar surface area (TPSA) is 75.3 Å². The van der Waals surface area contributed by atoms with Crippen molar-refractivity contribution in [2.75, 3.05) is 28.7 Å². The maximum Gasteiger partial charge on any atom is 0.228 e. The summed E-state index contributed by atoms with van der Waals surface area (Å²) in [5.41, 5.74) is 3.08. The molecule has 2 N–H and O–H groups in total. The van der Waals surface area contributed by atoms with E-state index in [1.807, 2.05) is 18.2 Å². The van der Waals surface area contributed by atoms with E-state index in [1.165, 1.54) is 5.56 Å². The molecule has 1 unspecified atom stereocenters. The molecule has 108 valence electrons. The third kappa shape index (κ3) is 2.80. The summed E-state index contributed by atoms with van der Waals surface area (Å²) in [6, 6.07) is 5.80. The molecule has 1 amide bonds. The fourth-order valence-electron chi connectivity index (χ4n) is 2.80. The molecule has 6 heteroatoms. The van der Waals surface area contributed by atoms with Crippen molar-refractivity contribution in [2.45, 2.75) is 19.3 Å². The van der Waals surface area contributed by atoms with Gasteiger partial charge in [0.25, 0.3) is 0 Å². The fourth-order valence-corrected chi connectivity index (χ4v) is 4.54. The van der Waals surface area contributed by atoms with Gasteiger partial charge in [0.1, 0.15) is 0 Å².